The van der Waals surface area contributed by atoms with E-state index in [4.69, 9.17) is 5.73 Å². The number of likely N-dealkylation sites (N-methyl/N-ethyl adjacent to an activating group) is 1. The van der Waals surface area contributed by atoms with E-state index in [-0.39, 0.29) is 12.1 Å². The summed E-state index contributed by atoms with van der Waals surface area (Å²) in [6.07, 6.45) is 0. The van der Waals surface area contributed by atoms with E-state index in [2.05, 4.69) is 9.80 Å². The number of nitrogens with two attached hydrogens (primary N) is 1. The van der Waals surface area contributed by atoms with Crippen LogP contribution in [0.25, 0.3) is 0 Å². The number of rotatable bonds is 5. The second kappa shape index (κ2) is 7.15. The molecule has 0 atom stereocenters. The molecule has 1 aliphatic rings. The first-order valence-electron chi connectivity index (χ1n) is 7.32. The van der Waals surface area contributed by atoms with Crippen LogP contribution in [0.2, 0.25) is 0 Å². The molecule has 0 saturated carbocycles. The highest BCUT2D eigenvalue weighted by Crippen LogP contribution is 2.25. The second-order valence-electron chi connectivity index (χ2n) is 5.71. The Morgan fingerprint density at radius 3 is 2.33 bits per heavy atom. The lowest BCUT2D eigenvalue weighted by atomic mass is 10.1. The second-order valence-corrected chi connectivity index (χ2v) is 5.71. The fourth-order valence-electron chi connectivity index (χ4n) is 2.53. The number of anilines is 1. The van der Waals surface area contributed by atoms with Crippen molar-refractivity contribution in [3.63, 3.8) is 0 Å². The van der Waals surface area contributed by atoms with Crippen molar-refractivity contribution in [2.45, 2.75) is 6.54 Å². The summed E-state index contributed by atoms with van der Waals surface area (Å²) in [5.41, 5.74) is 5.96. The highest BCUT2D eigenvalue weighted by Gasteiger charge is 2.22. The van der Waals surface area contributed by atoms with Gasteiger partial charge in [-0.2, -0.15) is 0 Å². The molecular formula is C15H24F2N4. The zero-order valence-corrected chi connectivity index (χ0v) is 12.8. The molecule has 21 heavy (non-hydrogen) atoms. The van der Waals surface area contributed by atoms with Gasteiger partial charge in [0.1, 0.15) is 0 Å². The van der Waals surface area contributed by atoms with E-state index in [9.17, 15) is 8.78 Å². The van der Waals surface area contributed by atoms with Crippen molar-refractivity contribution in [2.75, 3.05) is 58.3 Å². The minimum Gasteiger partial charge on any atom is -0.367 e. The lowest BCUT2D eigenvalue weighted by molar-refractivity contribution is 0.229. The quantitative estimate of drug-likeness (QED) is 0.883. The molecule has 1 fully saturated rings. The Morgan fingerprint density at radius 1 is 1.10 bits per heavy atom. The molecule has 118 valence electrons. The molecule has 6 heteroatoms. The smallest absolute Gasteiger partial charge is 0.182 e. The first kappa shape index (κ1) is 16.1. The number of benzene rings is 1. The molecule has 1 aromatic rings. The molecule has 0 spiro atoms. The van der Waals surface area contributed by atoms with Crippen LogP contribution in [-0.2, 0) is 6.54 Å². The van der Waals surface area contributed by atoms with Crippen LogP contribution in [0, 0.1) is 11.6 Å². The van der Waals surface area contributed by atoms with Gasteiger partial charge in [0.15, 0.2) is 11.6 Å². The van der Waals surface area contributed by atoms with Gasteiger partial charge in [0.25, 0.3) is 0 Å². The summed E-state index contributed by atoms with van der Waals surface area (Å²) in [7, 11) is 4.10. The minimum atomic E-state index is -0.815. The topological polar surface area (TPSA) is 35.7 Å². The van der Waals surface area contributed by atoms with Crippen LogP contribution in [-0.4, -0.2) is 63.2 Å². The summed E-state index contributed by atoms with van der Waals surface area (Å²) >= 11 is 0. The van der Waals surface area contributed by atoms with Crippen molar-refractivity contribution in [2.24, 2.45) is 5.73 Å². The summed E-state index contributed by atoms with van der Waals surface area (Å²) in [4.78, 5) is 6.40. The average molecular weight is 298 g/mol. The summed E-state index contributed by atoms with van der Waals surface area (Å²) in [5, 5.41) is 0. The van der Waals surface area contributed by atoms with E-state index in [0.717, 1.165) is 26.2 Å². The van der Waals surface area contributed by atoms with Gasteiger partial charge in [0.05, 0.1) is 5.69 Å². The maximum Gasteiger partial charge on any atom is 0.182 e. The number of hydrogen-bond acceptors (Lipinski definition) is 4. The number of nitrogens with zero attached hydrogens (tertiary/aromatic N) is 3. The van der Waals surface area contributed by atoms with Crippen LogP contribution in [0.15, 0.2) is 12.1 Å². The third kappa shape index (κ3) is 3.90. The normalized spacial score (nSPS) is 16.8. The standard InChI is InChI=1S/C15H24F2N4/c1-19(2)5-6-20-7-9-21(10-8-20)13-4-3-12(11-18)14(16)15(13)17/h3-4H,5-11,18H2,1-2H3. The van der Waals surface area contributed by atoms with Gasteiger partial charge < -0.3 is 15.5 Å². The molecular weight excluding hydrogens is 274 g/mol. The SMILES string of the molecule is CN(C)CCN1CCN(c2ccc(CN)c(F)c2F)CC1. The van der Waals surface area contributed by atoms with Gasteiger partial charge in [-0.05, 0) is 20.2 Å². The zero-order valence-electron chi connectivity index (χ0n) is 12.8. The Labute approximate surface area is 125 Å². The van der Waals surface area contributed by atoms with E-state index in [1.54, 1.807) is 12.1 Å². The lowest BCUT2D eigenvalue weighted by Crippen LogP contribution is -2.48. The molecule has 0 bridgehead atoms. The van der Waals surface area contributed by atoms with E-state index in [1.165, 1.54) is 0 Å². The largest absolute Gasteiger partial charge is 0.367 e. The number of halogens is 2. The van der Waals surface area contributed by atoms with E-state index >= 15 is 0 Å². The average Bonchev–Trinajstić information content (AvgIpc) is 2.48. The van der Waals surface area contributed by atoms with Crippen LogP contribution < -0.4 is 10.6 Å². The van der Waals surface area contributed by atoms with E-state index < -0.39 is 11.6 Å². The third-order valence-corrected chi connectivity index (χ3v) is 3.94. The van der Waals surface area contributed by atoms with Gasteiger partial charge >= 0.3 is 0 Å². The predicted molar refractivity (Wildman–Crippen MR) is 81.5 cm³/mol. The van der Waals surface area contributed by atoms with E-state index in [1.807, 2.05) is 19.0 Å². The van der Waals surface area contributed by atoms with Crippen LogP contribution in [0.4, 0.5) is 14.5 Å². The van der Waals surface area contributed by atoms with Crippen molar-refractivity contribution in [1.29, 1.82) is 0 Å². The lowest BCUT2D eigenvalue weighted by Gasteiger charge is -2.36. The predicted octanol–water partition coefficient (Wildman–Crippen LogP) is 1.11. The maximum absolute atomic E-state index is 14.1. The van der Waals surface area contributed by atoms with Crippen molar-refractivity contribution in [3.8, 4) is 0 Å². The molecule has 2 N–H and O–H groups in total. The minimum absolute atomic E-state index is 0.0152. The number of piperazine rings is 1. The fourth-order valence-corrected chi connectivity index (χ4v) is 2.53. The first-order chi connectivity index (χ1) is 10.0. The molecule has 0 amide bonds. The summed E-state index contributed by atoms with van der Waals surface area (Å²) in [6.45, 7) is 5.19. The van der Waals surface area contributed by atoms with E-state index in [0.29, 0.717) is 18.8 Å². The van der Waals surface area contributed by atoms with Gasteiger partial charge in [0, 0.05) is 51.4 Å². The summed E-state index contributed by atoms with van der Waals surface area (Å²) in [5.74, 6) is -1.59. The molecule has 0 unspecified atom stereocenters. The highest BCUT2D eigenvalue weighted by molar-refractivity contribution is 5.50. The Kier molecular flexibility index (Phi) is 5.50. The van der Waals surface area contributed by atoms with Crippen LogP contribution in [0.5, 0.6) is 0 Å². The molecule has 4 nitrogen and oxygen atoms in total. The Balaban J connectivity index is 1.98. The van der Waals surface area contributed by atoms with Crippen molar-refractivity contribution < 1.29 is 8.78 Å². The molecule has 1 aliphatic heterocycles. The van der Waals surface area contributed by atoms with Crippen LogP contribution in [0.1, 0.15) is 5.56 Å². The molecule has 0 aliphatic carbocycles. The highest BCUT2D eigenvalue weighted by atomic mass is 19.2. The fraction of sp³-hybridized carbons (Fsp3) is 0.600. The maximum atomic E-state index is 14.1. The van der Waals surface area contributed by atoms with Crippen molar-refractivity contribution in [3.05, 3.63) is 29.3 Å². The molecule has 0 aromatic heterocycles. The number of hydrogen-bond donors (Lipinski definition) is 1. The molecule has 1 heterocycles. The van der Waals surface area contributed by atoms with Crippen LogP contribution in [0.3, 0.4) is 0 Å². The molecule has 0 radical (unpaired) electrons. The Hall–Kier alpha value is -1.24. The van der Waals surface area contributed by atoms with Gasteiger partial charge in [-0.3, -0.25) is 4.90 Å². The molecule has 1 aromatic carbocycles. The van der Waals surface area contributed by atoms with Crippen molar-refractivity contribution in [1.82, 2.24) is 9.80 Å². The van der Waals surface area contributed by atoms with Gasteiger partial charge in [-0.25, -0.2) is 8.78 Å². The first-order valence-corrected chi connectivity index (χ1v) is 7.32. The van der Waals surface area contributed by atoms with Gasteiger partial charge in [0.2, 0.25) is 0 Å². The Bertz CT molecular complexity index is 471. The van der Waals surface area contributed by atoms with Gasteiger partial charge in [-0.15, -0.1) is 0 Å². The summed E-state index contributed by atoms with van der Waals surface area (Å²) < 4.78 is 27.9. The van der Waals surface area contributed by atoms with Crippen molar-refractivity contribution >= 4 is 5.69 Å². The monoisotopic (exact) mass is 298 g/mol. The van der Waals surface area contributed by atoms with Gasteiger partial charge in [-0.1, -0.05) is 6.07 Å². The molecule has 1 saturated heterocycles. The summed E-state index contributed by atoms with van der Waals surface area (Å²) in [6, 6.07) is 3.21. The molecule has 2 rings (SSSR count). The third-order valence-electron chi connectivity index (χ3n) is 3.94. The zero-order chi connectivity index (χ0) is 15.4. The van der Waals surface area contributed by atoms with Crippen LogP contribution >= 0.6 is 0 Å². The Morgan fingerprint density at radius 2 is 1.76 bits per heavy atom.